The second-order valence-electron chi connectivity index (χ2n) is 4.60. The fraction of sp³-hybridized carbons (Fsp3) is 0.143. The van der Waals surface area contributed by atoms with Crippen molar-refractivity contribution in [2.75, 3.05) is 5.73 Å². The third kappa shape index (κ3) is 2.99. The van der Waals surface area contributed by atoms with Crippen LogP contribution in [0.4, 0.5) is 5.82 Å². The van der Waals surface area contributed by atoms with E-state index in [0.29, 0.717) is 22.2 Å². The first-order valence-corrected chi connectivity index (χ1v) is 7.67. The largest absolute Gasteiger partial charge is 0.609 e. The van der Waals surface area contributed by atoms with E-state index in [1.165, 1.54) is 0 Å². The number of aliphatic hydroxyl groups excluding tert-OH is 1. The molecule has 0 radical (unpaired) electrons. The van der Waals surface area contributed by atoms with Crippen molar-refractivity contribution in [1.29, 1.82) is 0 Å². The molecule has 6 nitrogen and oxygen atoms in total. The lowest BCUT2D eigenvalue weighted by molar-refractivity contribution is 0.282. The Morgan fingerprint density at radius 1 is 1.24 bits per heavy atom. The molecule has 0 aliphatic carbocycles. The van der Waals surface area contributed by atoms with Crippen molar-refractivity contribution in [1.82, 2.24) is 15.0 Å². The van der Waals surface area contributed by atoms with Gasteiger partial charge in [0, 0.05) is 11.2 Å². The summed E-state index contributed by atoms with van der Waals surface area (Å²) >= 11 is -1.33. The van der Waals surface area contributed by atoms with Crippen LogP contribution in [0.15, 0.2) is 41.6 Å². The van der Waals surface area contributed by atoms with Crippen LogP contribution >= 0.6 is 0 Å². The van der Waals surface area contributed by atoms with Gasteiger partial charge in [0.25, 0.3) is 0 Å². The molecule has 1 unspecified atom stereocenters. The Morgan fingerprint density at radius 3 is 2.86 bits per heavy atom. The fourth-order valence-corrected chi connectivity index (χ4v) is 3.01. The number of anilines is 1. The van der Waals surface area contributed by atoms with E-state index in [-0.39, 0.29) is 12.4 Å². The minimum absolute atomic E-state index is 0.0472. The number of aromatic amines is 1. The lowest BCUT2D eigenvalue weighted by Gasteiger charge is -2.06. The highest BCUT2D eigenvalue weighted by molar-refractivity contribution is 7.90. The highest BCUT2D eigenvalue weighted by Gasteiger charge is 2.18. The highest BCUT2D eigenvalue weighted by Crippen LogP contribution is 2.19. The number of nitrogen functional groups attached to an aromatic ring is 1. The van der Waals surface area contributed by atoms with E-state index in [0.717, 1.165) is 11.1 Å². The summed E-state index contributed by atoms with van der Waals surface area (Å²) in [6.07, 6.45) is 0. The summed E-state index contributed by atoms with van der Waals surface area (Å²) in [4.78, 5) is 11.5. The van der Waals surface area contributed by atoms with E-state index in [1.807, 2.05) is 6.07 Å². The number of aliphatic hydroxyl groups is 1. The molecule has 0 fully saturated rings. The van der Waals surface area contributed by atoms with Crippen LogP contribution in [0, 0.1) is 0 Å². The van der Waals surface area contributed by atoms with Gasteiger partial charge in [-0.2, -0.15) is 4.98 Å². The third-order valence-electron chi connectivity index (χ3n) is 3.03. The van der Waals surface area contributed by atoms with Gasteiger partial charge in [-0.1, -0.05) is 12.1 Å². The minimum Gasteiger partial charge on any atom is -0.609 e. The Hall–Kier alpha value is -2.09. The monoisotopic (exact) mass is 302 g/mol. The molecule has 4 N–H and O–H groups in total. The molecule has 1 aromatic carbocycles. The lowest BCUT2D eigenvalue weighted by Crippen LogP contribution is -2.08. The van der Waals surface area contributed by atoms with Crippen molar-refractivity contribution in [2.45, 2.75) is 17.5 Å². The van der Waals surface area contributed by atoms with Crippen LogP contribution in [-0.4, -0.2) is 24.6 Å². The van der Waals surface area contributed by atoms with Crippen molar-refractivity contribution in [3.63, 3.8) is 0 Å². The Labute approximate surface area is 124 Å². The van der Waals surface area contributed by atoms with Crippen molar-refractivity contribution >= 4 is 28.0 Å². The smallest absolute Gasteiger partial charge is 0.322 e. The summed E-state index contributed by atoms with van der Waals surface area (Å²) in [7, 11) is 0. The summed E-state index contributed by atoms with van der Waals surface area (Å²) in [5.74, 6) is 0.652. The molecule has 0 bridgehead atoms. The predicted octanol–water partition coefficient (Wildman–Crippen LogP) is 1.34. The van der Waals surface area contributed by atoms with Gasteiger partial charge in [-0.3, -0.25) is 4.98 Å². The SMILES string of the molecule is Nc1cccc(C[S+]([O-])c2nc3cc(CO)ccc3[nH]2)n1. The van der Waals surface area contributed by atoms with E-state index in [2.05, 4.69) is 15.0 Å². The van der Waals surface area contributed by atoms with Crippen LogP contribution in [0.25, 0.3) is 11.0 Å². The molecule has 2 heterocycles. The molecule has 3 rings (SSSR count). The minimum atomic E-state index is -1.33. The summed E-state index contributed by atoms with van der Waals surface area (Å²) in [6, 6.07) is 10.6. The molecule has 0 amide bonds. The quantitative estimate of drug-likeness (QED) is 0.630. The number of nitrogens with zero attached hydrogens (tertiary/aromatic N) is 2. The maximum absolute atomic E-state index is 12.3. The van der Waals surface area contributed by atoms with Gasteiger partial charge < -0.3 is 15.4 Å². The number of nitrogens with two attached hydrogens (primary N) is 1. The van der Waals surface area contributed by atoms with Crippen LogP contribution in [0.5, 0.6) is 0 Å². The molecule has 0 saturated heterocycles. The number of imidazole rings is 1. The standard InChI is InChI=1S/C14H14N4O2S/c15-13-3-1-2-10(16-13)8-21(20)14-17-11-5-4-9(7-19)6-12(11)18-14/h1-6,19H,7-8H2,(H2,15,16)(H,17,18). The van der Waals surface area contributed by atoms with E-state index >= 15 is 0 Å². The van der Waals surface area contributed by atoms with E-state index in [4.69, 9.17) is 10.8 Å². The van der Waals surface area contributed by atoms with Crippen molar-refractivity contribution in [3.05, 3.63) is 47.7 Å². The molecule has 0 saturated carbocycles. The lowest BCUT2D eigenvalue weighted by atomic mass is 10.2. The van der Waals surface area contributed by atoms with E-state index in [1.54, 1.807) is 30.3 Å². The Bertz CT molecular complexity index is 775. The average molecular weight is 302 g/mol. The van der Waals surface area contributed by atoms with E-state index < -0.39 is 11.2 Å². The van der Waals surface area contributed by atoms with Crippen LogP contribution in [0.3, 0.4) is 0 Å². The van der Waals surface area contributed by atoms with E-state index in [9.17, 15) is 4.55 Å². The van der Waals surface area contributed by atoms with Crippen LogP contribution in [0.1, 0.15) is 11.3 Å². The number of nitrogens with one attached hydrogen (secondary N) is 1. The van der Waals surface area contributed by atoms with Crippen LogP contribution in [-0.2, 0) is 23.5 Å². The molecule has 2 aromatic heterocycles. The molecular weight excluding hydrogens is 288 g/mol. The zero-order valence-electron chi connectivity index (χ0n) is 11.1. The van der Waals surface area contributed by atoms with Crippen molar-refractivity contribution in [2.24, 2.45) is 0 Å². The van der Waals surface area contributed by atoms with Gasteiger partial charge in [-0.25, -0.2) is 4.98 Å². The highest BCUT2D eigenvalue weighted by atomic mass is 32.2. The average Bonchev–Trinajstić information content (AvgIpc) is 2.90. The summed E-state index contributed by atoms with van der Waals surface area (Å²) < 4.78 is 12.3. The van der Waals surface area contributed by atoms with Gasteiger partial charge in [0.1, 0.15) is 5.82 Å². The van der Waals surface area contributed by atoms with Gasteiger partial charge in [0.15, 0.2) is 5.75 Å². The maximum Gasteiger partial charge on any atom is 0.322 e. The van der Waals surface area contributed by atoms with Gasteiger partial charge >= 0.3 is 5.16 Å². The van der Waals surface area contributed by atoms with Crippen LogP contribution in [0.2, 0.25) is 0 Å². The Kier molecular flexibility index (Phi) is 3.78. The van der Waals surface area contributed by atoms with Gasteiger partial charge in [-0.15, -0.1) is 0 Å². The molecule has 0 aliphatic rings. The number of fused-ring (bicyclic) bond motifs is 1. The molecule has 3 aromatic rings. The number of hydrogen-bond donors (Lipinski definition) is 3. The molecule has 1 atom stereocenters. The molecular formula is C14H14N4O2S. The molecule has 0 spiro atoms. The zero-order valence-corrected chi connectivity index (χ0v) is 11.9. The summed E-state index contributed by atoms with van der Waals surface area (Å²) in [5.41, 5.74) is 8.51. The number of benzene rings is 1. The number of rotatable bonds is 4. The van der Waals surface area contributed by atoms with Crippen molar-refractivity contribution < 1.29 is 9.66 Å². The zero-order chi connectivity index (χ0) is 14.8. The first-order valence-electron chi connectivity index (χ1n) is 6.35. The Balaban J connectivity index is 1.85. The molecule has 7 heteroatoms. The Morgan fingerprint density at radius 2 is 2.10 bits per heavy atom. The topological polar surface area (TPSA) is 111 Å². The second kappa shape index (κ2) is 5.72. The number of H-pyrrole nitrogens is 1. The first-order chi connectivity index (χ1) is 10.2. The molecule has 108 valence electrons. The predicted molar refractivity (Wildman–Crippen MR) is 80.8 cm³/mol. The van der Waals surface area contributed by atoms with Crippen LogP contribution < -0.4 is 5.73 Å². The third-order valence-corrected chi connectivity index (χ3v) is 4.21. The summed E-state index contributed by atoms with van der Waals surface area (Å²) in [6.45, 7) is -0.0472. The molecule has 0 aliphatic heterocycles. The maximum atomic E-state index is 12.3. The second-order valence-corrected chi connectivity index (χ2v) is 5.96. The number of hydrogen-bond acceptors (Lipinski definition) is 5. The first kappa shape index (κ1) is 13.9. The normalized spacial score (nSPS) is 12.7. The fourth-order valence-electron chi connectivity index (χ4n) is 2.02. The van der Waals surface area contributed by atoms with Gasteiger partial charge in [0.05, 0.1) is 23.3 Å². The van der Waals surface area contributed by atoms with Gasteiger partial charge in [0.2, 0.25) is 0 Å². The number of pyridine rings is 1. The van der Waals surface area contributed by atoms with Crippen molar-refractivity contribution in [3.8, 4) is 0 Å². The molecule has 21 heavy (non-hydrogen) atoms. The number of aromatic nitrogens is 3. The summed E-state index contributed by atoms with van der Waals surface area (Å²) in [5, 5.41) is 9.51. The van der Waals surface area contributed by atoms with Gasteiger partial charge in [-0.05, 0) is 29.8 Å².